The molecule has 2 N–H and O–H groups in total. The third-order valence-corrected chi connectivity index (χ3v) is 8.48. The van der Waals surface area contributed by atoms with E-state index in [2.05, 4.69) is 23.8 Å². The lowest BCUT2D eigenvalue weighted by Gasteiger charge is -2.44. The third kappa shape index (κ3) is 10.5. The highest BCUT2D eigenvalue weighted by Gasteiger charge is 2.40. The molecule has 1 amide bonds. The Labute approximate surface area is 256 Å². The maximum Gasteiger partial charge on any atom is 0.410 e. The monoisotopic (exact) mass is 603 g/mol. The van der Waals surface area contributed by atoms with E-state index in [-0.39, 0.29) is 17.8 Å². The summed E-state index contributed by atoms with van der Waals surface area (Å²) in [6, 6.07) is 2.26. The van der Waals surface area contributed by atoms with Gasteiger partial charge < -0.3 is 14.9 Å². The number of ether oxygens (including phenoxy) is 1. The van der Waals surface area contributed by atoms with Crippen LogP contribution in [-0.4, -0.2) is 48.9 Å². The van der Waals surface area contributed by atoms with E-state index in [1.807, 2.05) is 20.8 Å². The zero-order valence-corrected chi connectivity index (χ0v) is 26.5. The smallest absolute Gasteiger partial charge is 0.410 e. The third-order valence-electron chi connectivity index (χ3n) is 8.48. The van der Waals surface area contributed by atoms with Gasteiger partial charge in [0.05, 0.1) is 24.5 Å². The summed E-state index contributed by atoms with van der Waals surface area (Å²) in [4.78, 5) is 22.1. The second-order valence-corrected chi connectivity index (χ2v) is 13.2. The zero-order chi connectivity index (χ0) is 31.6. The molecule has 2 aliphatic rings. The van der Waals surface area contributed by atoms with Gasteiger partial charge in [0, 0.05) is 29.6 Å². The van der Waals surface area contributed by atoms with Gasteiger partial charge in [-0.3, -0.25) is 14.9 Å². The number of piperidine rings is 1. The molecule has 2 aromatic rings. The van der Waals surface area contributed by atoms with Gasteiger partial charge >= 0.3 is 6.09 Å². The van der Waals surface area contributed by atoms with Gasteiger partial charge in [0.15, 0.2) is 0 Å². The van der Waals surface area contributed by atoms with Crippen molar-refractivity contribution >= 4 is 6.09 Å². The Morgan fingerprint density at radius 2 is 1.49 bits per heavy atom. The van der Waals surface area contributed by atoms with Gasteiger partial charge in [-0.15, -0.1) is 0 Å². The van der Waals surface area contributed by atoms with Crippen molar-refractivity contribution in [1.29, 1.82) is 0 Å². The highest BCUT2D eigenvalue weighted by atomic mass is 19.1. The van der Waals surface area contributed by atoms with Crippen molar-refractivity contribution in [3.05, 3.63) is 59.7 Å². The van der Waals surface area contributed by atoms with Crippen molar-refractivity contribution in [2.75, 3.05) is 0 Å². The van der Waals surface area contributed by atoms with E-state index in [1.165, 1.54) is 50.2 Å². The number of aliphatic hydroxyl groups excluding tert-OH is 2. The molecular formula is C34H51F2N3O4. The number of rotatable bonds is 8. The second-order valence-electron chi connectivity index (χ2n) is 13.2. The Hall–Kier alpha value is -2.65. The number of aliphatic hydroxyl groups is 2. The molecule has 0 aromatic carbocycles. The molecule has 1 aliphatic carbocycles. The van der Waals surface area contributed by atoms with Gasteiger partial charge in [0.2, 0.25) is 0 Å². The molecule has 4 rings (SSSR count). The Bertz CT molecular complexity index is 1140. The number of halogens is 2. The van der Waals surface area contributed by atoms with E-state index in [1.54, 1.807) is 11.1 Å². The molecule has 0 bridgehead atoms. The Kier molecular flexibility index (Phi) is 13.3. The number of carbonyl (C=O) groups is 1. The van der Waals surface area contributed by atoms with E-state index >= 15 is 0 Å². The normalized spacial score (nSPS) is 24.0. The van der Waals surface area contributed by atoms with Crippen LogP contribution in [0.25, 0.3) is 0 Å². The number of nitrogens with zero attached hydrogens (tertiary/aromatic N) is 3. The fourth-order valence-corrected chi connectivity index (χ4v) is 6.60. The largest absolute Gasteiger partial charge is 0.444 e. The van der Waals surface area contributed by atoms with Crippen LogP contribution in [0.2, 0.25) is 0 Å². The van der Waals surface area contributed by atoms with Gasteiger partial charge in [0.25, 0.3) is 0 Å². The summed E-state index contributed by atoms with van der Waals surface area (Å²) in [6.07, 6.45) is 14.6. The minimum absolute atomic E-state index is 0.0229. The van der Waals surface area contributed by atoms with Crippen molar-refractivity contribution in [2.45, 2.75) is 135 Å². The molecular weight excluding hydrogens is 552 g/mol. The Morgan fingerprint density at radius 1 is 0.907 bits per heavy atom. The molecule has 7 nitrogen and oxygen atoms in total. The molecule has 43 heavy (non-hydrogen) atoms. The molecule has 0 radical (unpaired) electrons. The molecule has 3 heterocycles. The Balaban J connectivity index is 0.000000248. The lowest BCUT2D eigenvalue weighted by Crippen LogP contribution is -2.53. The van der Waals surface area contributed by atoms with E-state index in [0.717, 1.165) is 50.6 Å². The minimum Gasteiger partial charge on any atom is -0.444 e. The van der Waals surface area contributed by atoms with E-state index in [0.29, 0.717) is 17.5 Å². The molecule has 0 unspecified atom stereocenters. The number of hydrogen-bond acceptors (Lipinski definition) is 6. The van der Waals surface area contributed by atoms with E-state index in [9.17, 15) is 23.8 Å². The van der Waals surface area contributed by atoms with Crippen molar-refractivity contribution < 1.29 is 28.5 Å². The molecule has 6 atom stereocenters. The standard InChI is InChI=1S/C19H29FN2O3.C15H22FNO/c1-5-7-15-8-6-9-16(22(15)18(24)25-19(2,3)4)17(23)13-10-14(20)12-21-11-13;1-2-4-11-5-3-6-12(7-11)15(18)13-8-14(16)10-17-9-13/h10-12,15-17,23H,5-9H2,1-4H3;8-12,15,18H,2-7H2,1H3/t15-,16+,17+;11-,12-,15-/m00/s1. The maximum atomic E-state index is 13.5. The fraction of sp³-hybridized carbons (Fsp3) is 0.676. The van der Waals surface area contributed by atoms with Crippen LogP contribution >= 0.6 is 0 Å². The van der Waals surface area contributed by atoms with Gasteiger partial charge in [-0.25, -0.2) is 13.6 Å². The number of hydrogen-bond donors (Lipinski definition) is 2. The first-order valence-electron chi connectivity index (χ1n) is 16.0. The van der Waals surface area contributed by atoms with Crippen LogP contribution in [0.1, 0.15) is 129 Å². The van der Waals surface area contributed by atoms with Crippen molar-refractivity contribution in [1.82, 2.24) is 14.9 Å². The lowest BCUT2D eigenvalue weighted by atomic mass is 9.76. The summed E-state index contributed by atoms with van der Waals surface area (Å²) < 4.78 is 32.2. The lowest BCUT2D eigenvalue weighted by molar-refractivity contribution is -0.0369. The molecule has 1 aliphatic heterocycles. The first-order valence-corrected chi connectivity index (χ1v) is 16.0. The molecule has 2 aromatic heterocycles. The highest BCUT2D eigenvalue weighted by molar-refractivity contribution is 5.69. The zero-order valence-electron chi connectivity index (χ0n) is 26.5. The predicted molar refractivity (Wildman–Crippen MR) is 163 cm³/mol. The number of carbonyl (C=O) groups excluding carboxylic acids is 1. The summed E-state index contributed by atoms with van der Waals surface area (Å²) in [5.41, 5.74) is 0.397. The Morgan fingerprint density at radius 3 is 2.05 bits per heavy atom. The first kappa shape index (κ1) is 34.8. The summed E-state index contributed by atoms with van der Waals surface area (Å²) >= 11 is 0. The quantitative estimate of drug-likeness (QED) is 0.317. The predicted octanol–water partition coefficient (Wildman–Crippen LogP) is 8.07. The topological polar surface area (TPSA) is 95.8 Å². The van der Waals surface area contributed by atoms with Crippen LogP contribution in [0.5, 0.6) is 0 Å². The highest BCUT2D eigenvalue weighted by Crippen LogP contribution is 2.39. The van der Waals surface area contributed by atoms with Gasteiger partial charge in [-0.1, -0.05) is 46.0 Å². The SMILES string of the molecule is CCC[C@H]1CCC[C@H]([C@H](O)c2cncc(F)c2)C1.CCC[C@H]1CCC[C@H]([C@H](O)c2cncc(F)c2)N1C(=O)OC(C)(C)C. The van der Waals surface area contributed by atoms with E-state index in [4.69, 9.17) is 4.74 Å². The van der Waals surface area contributed by atoms with Gasteiger partial charge in [0.1, 0.15) is 23.3 Å². The average Bonchev–Trinajstić information content (AvgIpc) is 2.96. The molecule has 2 fully saturated rings. The number of aromatic nitrogens is 2. The van der Waals surface area contributed by atoms with Crippen LogP contribution in [0.4, 0.5) is 13.6 Å². The fourth-order valence-electron chi connectivity index (χ4n) is 6.60. The summed E-state index contributed by atoms with van der Waals surface area (Å²) in [5.74, 6) is 0.123. The number of likely N-dealkylation sites (tertiary alicyclic amines) is 1. The van der Waals surface area contributed by atoms with Crippen molar-refractivity contribution in [3.8, 4) is 0 Å². The van der Waals surface area contributed by atoms with Crippen molar-refractivity contribution in [2.24, 2.45) is 11.8 Å². The molecule has 0 spiro atoms. The van der Waals surface area contributed by atoms with Gasteiger partial charge in [-0.05, 0) is 83.3 Å². The average molecular weight is 604 g/mol. The van der Waals surface area contributed by atoms with Crippen LogP contribution in [0.3, 0.4) is 0 Å². The number of amides is 1. The molecule has 1 saturated heterocycles. The van der Waals surface area contributed by atoms with Crippen LogP contribution < -0.4 is 0 Å². The number of pyridine rings is 2. The van der Waals surface area contributed by atoms with Crippen LogP contribution in [0.15, 0.2) is 36.9 Å². The maximum absolute atomic E-state index is 13.5. The molecule has 1 saturated carbocycles. The second kappa shape index (κ2) is 16.4. The molecule has 9 heteroatoms. The summed E-state index contributed by atoms with van der Waals surface area (Å²) in [6.45, 7) is 9.75. The van der Waals surface area contributed by atoms with Crippen LogP contribution in [0, 0.1) is 23.5 Å². The van der Waals surface area contributed by atoms with Crippen LogP contribution in [-0.2, 0) is 4.74 Å². The summed E-state index contributed by atoms with van der Waals surface area (Å²) in [7, 11) is 0. The summed E-state index contributed by atoms with van der Waals surface area (Å²) in [5, 5.41) is 21.2. The van der Waals surface area contributed by atoms with Crippen molar-refractivity contribution in [3.63, 3.8) is 0 Å². The minimum atomic E-state index is -0.990. The van der Waals surface area contributed by atoms with E-state index < -0.39 is 35.8 Å². The first-order chi connectivity index (χ1) is 20.4. The molecule has 240 valence electrons. The van der Waals surface area contributed by atoms with Gasteiger partial charge in [-0.2, -0.15) is 0 Å².